The molecule has 1 saturated heterocycles. The Morgan fingerprint density at radius 1 is 1.35 bits per heavy atom. The summed E-state index contributed by atoms with van der Waals surface area (Å²) in [5.74, 6) is 0.502. The highest BCUT2D eigenvalue weighted by atomic mass is 16.6. The Bertz CT molecular complexity index is 581. The second kappa shape index (κ2) is 6.98. The first-order valence-electron chi connectivity index (χ1n) is 8.00. The number of rotatable bonds is 2. The highest BCUT2D eigenvalue weighted by Crippen LogP contribution is 2.34. The molecule has 0 radical (unpaired) electrons. The molecule has 1 aliphatic rings. The van der Waals surface area contributed by atoms with Gasteiger partial charge in [0.1, 0.15) is 11.4 Å². The molecular weight excluding hydrogens is 294 g/mol. The van der Waals surface area contributed by atoms with Gasteiger partial charge in [-0.1, -0.05) is 6.07 Å². The van der Waals surface area contributed by atoms with Crippen molar-refractivity contribution in [3.05, 3.63) is 23.9 Å². The van der Waals surface area contributed by atoms with Crippen LogP contribution in [-0.4, -0.2) is 34.0 Å². The first kappa shape index (κ1) is 17.2. The van der Waals surface area contributed by atoms with Crippen LogP contribution in [0.3, 0.4) is 0 Å². The normalized spacial score (nSPS) is 18.4. The maximum Gasteiger partial charge on any atom is 0.413 e. The van der Waals surface area contributed by atoms with Gasteiger partial charge in [-0.15, -0.1) is 0 Å². The molecule has 0 aromatic carbocycles. The number of carbonyl (C=O) groups excluding carboxylic acids is 2. The third kappa shape index (κ3) is 4.68. The minimum atomic E-state index is -0.574. The van der Waals surface area contributed by atoms with Gasteiger partial charge in [0, 0.05) is 25.2 Å². The van der Waals surface area contributed by atoms with E-state index in [0.29, 0.717) is 5.82 Å². The van der Waals surface area contributed by atoms with Crippen LogP contribution in [0.5, 0.6) is 0 Å². The van der Waals surface area contributed by atoms with E-state index < -0.39 is 11.7 Å². The molecule has 1 N–H and O–H groups in total. The quantitative estimate of drug-likeness (QED) is 0.905. The van der Waals surface area contributed by atoms with E-state index in [0.717, 1.165) is 31.4 Å². The Balaban J connectivity index is 2.22. The van der Waals surface area contributed by atoms with Gasteiger partial charge in [0.15, 0.2) is 0 Å². The highest BCUT2D eigenvalue weighted by molar-refractivity contribution is 5.85. The smallest absolute Gasteiger partial charge is 0.413 e. The van der Waals surface area contributed by atoms with Gasteiger partial charge >= 0.3 is 6.09 Å². The largest absolute Gasteiger partial charge is 0.444 e. The summed E-state index contributed by atoms with van der Waals surface area (Å²) < 4.78 is 5.29. The summed E-state index contributed by atoms with van der Waals surface area (Å²) >= 11 is 0. The molecule has 2 amide bonds. The first-order valence-corrected chi connectivity index (χ1v) is 8.00. The number of nitrogens with zero attached hydrogens (tertiary/aromatic N) is 2. The summed E-state index contributed by atoms with van der Waals surface area (Å²) in [5.41, 5.74) is 0.281. The number of amides is 2. The minimum absolute atomic E-state index is 0.0433. The molecule has 1 aliphatic heterocycles. The number of hydrogen-bond donors (Lipinski definition) is 1. The van der Waals surface area contributed by atoms with Crippen molar-refractivity contribution in [2.75, 3.05) is 11.9 Å². The Hall–Kier alpha value is -2.11. The standard InChI is InChI=1S/C17H25N3O3/c1-12(21)20-11-6-5-9-14(20)13-8-7-10-18-15(13)19-16(22)23-17(2,3)4/h7-8,10,14H,5-6,9,11H2,1-4H3,(H,18,19,22)/t14-/m1/s1. The zero-order valence-corrected chi connectivity index (χ0v) is 14.3. The minimum Gasteiger partial charge on any atom is -0.444 e. The second-order valence-corrected chi connectivity index (χ2v) is 6.79. The number of carbonyl (C=O) groups is 2. The molecule has 23 heavy (non-hydrogen) atoms. The second-order valence-electron chi connectivity index (χ2n) is 6.79. The number of piperidine rings is 1. The van der Waals surface area contributed by atoms with Gasteiger partial charge in [-0.05, 0) is 46.1 Å². The lowest BCUT2D eigenvalue weighted by Crippen LogP contribution is -2.37. The molecule has 2 rings (SSSR count). The first-order chi connectivity index (χ1) is 10.8. The van der Waals surface area contributed by atoms with Crippen LogP contribution in [0.4, 0.5) is 10.6 Å². The highest BCUT2D eigenvalue weighted by Gasteiger charge is 2.29. The SMILES string of the molecule is CC(=O)N1CCCC[C@@H]1c1cccnc1NC(=O)OC(C)(C)C. The van der Waals surface area contributed by atoms with E-state index in [4.69, 9.17) is 4.74 Å². The average molecular weight is 319 g/mol. The van der Waals surface area contributed by atoms with E-state index in [1.54, 1.807) is 13.1 Å². The van der Waals surface area contributed by atoms with Crippen molar-refractivity contribution in [2.45, 2.75) is 58.6 Å². The van der Waals surface area contributed by atoms with Gasteiger partial charge in [-0.2, -0.15) is 0 Å². The van der Waals surface area contributed by atoms with E-state index in [9.17, 15) is 9.59 Å². The van der Waals surface area contributed by atoms with Crippen molar-refractivity contribution >= 4 is 17.8 Å². The Morgan fingerprint density at radius 2 is 2.09 bits per heavy atom. The molecule has 0 saturated carbocycles. The Morgan fingerprint density at radius 3 is 2.74 bits per heavy atom. The lowest BCUT2D eigenvalue weighted by Gasteiger charge is -2.36. The van der Waals surface area contributed by atoms with Crippen LogP contribution in [0.25, 0.3) is 0 Å². The Kier molecular flexibility index (Phi) is 5.23. The molecule has 1 aromatic rings. The number of hydrogen-bond acceptors (Lipinski definition) is 4. The molecule has 1 aromatic heterocycles. The van der Waals surface area contributed by atoms with E-state index in [1.165, 1.54) is 0 Å². The molecule has 1 atom stereocenters. The van der Waals surface area contributed by atoms with Crippen molar-refractivity contribution < 1.29 is 14.3 Å². The van der Waals surface area contributed by atoms with Crippen LogP contribution < -0.4 is 5.32 Å². The number of anilines is 1. The van der Waals surface area contributed by atoms with Gasteiger partial charge in [0.2, 0.25) is 5.91 Å². The fourth-order valence-corrected chi connectivity index (χ4v) is 2.82. The monoisotopic (exact) mass is 319 g/mol. The van der Waals surface area contributed by atoms with Gasteiger partial charge < -0.3 is 9.64 Å². The number of ether oxygens (including phenoxy) is 1. The molecule has 6 nitrogen and oxygen atoms in total. The third-order valence-corrected chi connectivity index (χ3v) is 3.72. The predicted octanol–water partition coefficient (Wildman–Crippen LogP) is 3.50. The number of pyridine rings is 1. The lowest BCUT2D eigenvalue weighted by atomic mass is 9.95. The van der Waals surface area contributed by atoms with Crippen LogP contribution >= 0.6 is 0 Å². The van der Waals surface area contributed by atoms with Crippen molar-refractivity contribution in [3.63, 3.8) is 0 Å². The molecule has 0 spiro atoms. The van der Waals surface area contributed by atoms with Crippen LogP contribution in [0.2, 0.25) is 0 Å². The average Bonchev–Trinajstić information content (AvgIpc) is 2.45. The van der Waals surface area contributed by atoms with Crippen LogP contribution in [0.15, 0.2) is 18.3 Å². The van der Waals surface area contributed by atoms with Crippen molar-refractivity contribution in [1.82, 2.24) is 9.88 Å². The zero-order valence-electron chi connectivity index (χ0n) is 14.3. The number of likely N-dealkylation sites (tertiary alicyclic amines) is 1. The molecule has 126 valence electrons. The van der Waals surface area contributed by atoms with E-state index in [2.05, 4.69) is 10.3 Å². The van der Waals surface area contributed by atoms with E-state index >= 15 is 0 Å². The summed E-state index contributed by atoms with van der Waals surface area (Å²) in [6.07, 6.45) is 4.01. The summed E-state index contributed by atoms with van der Waals surface area (Å²) in [4.78, 5) is 30.0. The van der Waals surface area contributed by atoms with Crippen LogP contribution in [-0.2, 0) is 9.53 Å². The fraction of sp³-hybridized carbons (Fsp3) is 0.588. The molecular formula is C17H25N3O3. The maximum atomic E-state index is 12.0. The maximum absolute atomic E-state index is 12.0. The predicted molar refractivity (Wildman–Crippen MR) is 88.1 cm³/mol. The van der Waals surface area contributed by atoms with Gasteiger partial charge in [-0.3, -0.25) is 10.1 Å². The van der Waals surface area contributed by atoms with Crippen molar-refractivity contribution in [2.24, 2.45) is 0 Å². The number of nitrogens with one attached hydrogen (secondary N) is 1. The van der Waals surface area contributed by atoms with Crippen molar-refractivity contribution in [1.29, 1.82) is 0 Å². The molecule has 6 heteroatoms. The summed E-state index contributed by atoms with van der Waals surface area (Å²) in [5, 5.41) is 2.71. The molecule has 1 fully saturated rings. The molecule has 0 unspecified atom stereocenters. The molecule has 0 bridgehead atoms. The third-order valence-electron chi connectivity index (χ3n) is 3.72. The summed E-state index contributed by atoms with van der Waals surface area (Å²) in [7, 11) is 0. The molecule has 2 heterocycles. The zero-order chi connectivity index (χ0) is 17.0. The Labute approximate surface area is 137 Å². The topological polar surface area (TPSA) is 71.5 Å². The van der Waals surface area contributed by atoms with Gasteiger partial charge in [0.25, 0.3) is 0 Å². The summed E-state index contributed by atoms with van der Waals surface area (Å²) in [6, 6.07) is 3.67. The van der Waals surface area contributed by atoms with Crippen molar-refractivity contribution in [3.8, 4) is 0 Å². The number of aromatic nitrogens is 1. The lowest BCUT2D eigenvalue weighted by molar-refractivity contribution is -0.132. The molecule has 0 aliphatic carbocycles. The summed E-state index contributed by atoms with van der Waals surface area (Å²) in [6.45, 7) is 7.75. The van der Waals surface area contributed by atoms with Crippen LogP contribution in [0.1, 0.15) is 58.6 Å². The van der Waals surface area contributed by atoms with Crippen LogP contribution in [0, 0.1) is 0 Å². The van der Waals surface area contributed by atoms with Gasteiger partial charge in [0.05, 0.1) is 6.04 Å². The van der Waals surface area contributed by atoms with Gasteiger partial charge in [-0.25, -0.2) is 9.78 Å². The fourth-order valence-electron chi connectivity index (χ4n) is 2.82. The van der Waals surface area contributed by atoms with E-state index in [-0.39, 0.29) is 11.9 Å². The van der Waals surface area contributed by atoms with E-state index in [1.807, 2.05) is 37.8 Å².